The van der Waals surface area contributed by atoms with Crippen LogP contribution < -0.4 is 9.64 Å². The van der Waals surface area contributed by atoms with Gasteiger partial charge in [0.1, 0.15) is 27.9 Å². The summed E-state index contributed by atoms with van der Waals surface area (Å²) in [5.74, 6) is 2.48. The Bertz CT molecular complexity index is 1710. The zero-order valence-electron chi connectivity index (χ0n) is 24.1. The van der Waals surface area contributed by atoms with Crippen LogP contribution in [0.25, 0.3) is 28.1 Å². The first-order valence-corrected chi connectivity index (χ1v) is 16.3. The summed E-state index contributed by atoms with van der Waals surface area (Å²) in [6, 6.07) is 8.72. The first kappa shape index (κ1) is 27.5. The van der Waals surface area contributed by atoms with E-state index in [0.29, 0.717) is 68.3 Å². The second-order valence-corrected chi connectivity index (χ2v) is 13.6. The molecule has 3 aliphatic heterocycles. The molecule has 0 amide bonds. The summed E-state index contributed by atoms with van der Waals surface area (Å²) in [7, 11) is 0.702. The summed E-state index contributed by atoms with van der Waals surface area (Å²) < 4.78 is 45.2. The van der Waals surface area contributed by atoms with Crippen LogP contribution in [0.15, 0.2) is 24.3 Å². The average Bonchev–Trinajstić information content (AvgIpc) is 3.52. The predicted molar refractivity (Wildman–Crippen MR) is 157 cm³/mol. The Morgan fingerprint density at radius 2 is 1.76 bits per heavy atom. The lowest BCUT2D eigenvalue weighted by atomic mass is 10.0. The number of likely N-dealkylation sites (tertiary alicyclic amines) is 1. The number of imidazole rings is 2. The zero-order chi connectivity index (χ0) is 29.0. The minimum atomic E-state index is -2.88. The fraction of sp³-hybridized carbons (Fsp3) is 0.571. The number of benzene rings is 1. The van der Waals surface area contributed by atoms with Gasteiger partial charge in [-0.2, -0.15) is 15.0 Å². The monoisotopic (exact) mass is 596 g/mol. The van der Waals surface area contributed by atoms with E-state index in [1.54, 1.807) is 7.11 Å². The summed E-state index contributed by atoms with van der Waals surface area (Å²) in [6.45, 7) is 6.07. The number of nitrogens with zero attached hydrogens (tertiary/aromatic N) is 8. The Morgan fingerprint density at radius 3 is 2.50 bits per heavy atom. The SMILES string of the molecule is COC(C)c1nc2ccccc2n1-c1nc(N2CCOCC2)c2nc(OC3CN(C4CCS(=O)(=O)CC4)C3)n(C)c2n1. The number of fused-ring (bicyclic) bond motifs is 2. The van der Waals surface area contributed by atoms with Crippen molar-refractivity contribution in [2.45, 2.75) is 38.0 Å². The maximum atomic E-state index is 11.8. The molecule has 3 saturated heterocycles. The molecule has 0 spiro atoms. The number of aryl methyl sites for hydroxylation is 1. The van der Waals surface area contributed by atoms with E-state index >= 15 is 0 Å². The lowest BCUT2D eigenvalue weighted by Gasteiger charge is -2.44. The first-order chi connectivity index (χ1) is 20.3. The molecule has 1 aromatic carbocycles. The molecular formula is C28H36N8O5S. The number of para-hydroxylation sites is 2. The number of hydrogen-bond acceptors (Lipinski definition) is 11. The van der Waals surface area contributed by atoms with Crippen LogP contribution in [0, 0.1) is 0 Å². The third-order valence-corrected chi connectivity index (χ3v) is 10.4. The van der Waals surface area contributed by atoms with Crippen molar-refractivity contribution in [3.63, 3.8) is 0 Å². The Labute approximate surface area is 244 Å². The average molecular weight is 597 g/mol. The summed E-state index contributed by atoms with van der Waals surface area (Å²) >= 11 is 0. The van der Waals surface area contributed by atoms with Crippen molar-refractivity contribution in [1.82, 2.24) is 34.0 Å². The molecular weight excluding hydrogens is 560 g/mol. The van der Waals surface area contributed by atoms with Gasteiger partial charge in [0.2, 0.25) is 5.95 Å². The van der Waals surface area contributed by atoms with Crippen molar-refractivity contribution >= 4 is 37.9 Å². The van der Waals surface area contributed by atoms with Gasteiger partial charge in [-0.1, -0.05) is 12.1 Å². The summed E-state index contributed by atoms with van der Waals surface area (Å²) in [5, 5.41) is 0. The second kappa shape index (κ2) is 10.7. The Balaban J connectivity index is 1.24. The Hall–Kier alpha value is -3.33. The third kappa shape index (κ3) is 4.89. The molecule has 3 aliphatic rings. The van der Waals surface area contributed by atoms with Crippen molar-refractivity contribution in [2.24, 2.45) is 7.05 Å². The van der Waals surface area contributed by atoms with Gasteiger partial charge >= 0.3 is 0 Å². The minimum absolute atomic E-state index is 0.0231. The maximum absolute atomic E-state index is 11.8. The van der Waals surface area contributed by atoms with Gasteiger partial charge in [0.15, 0.2) is 17.0 Å². The van der Waals surface area contributed by atoms with Gasteiger partial charge < -0.3 is 19.1 Å². The molecule has 0 bridgehead atoms. The standard InChI is InChI=1S/C28H36N8O5S/c1-18(39-3)24-29-21-6-4-5-7-22(21)36(24)27-31-25-23(26(32-27)34-10-12-40-13-11-34)30-28(33(25)2)41-20-16-35(17-20)19-8-14-42(37,38)15-9-19/h4-7,18-20H,8-17H2,1-3H3. The lowest BCUT2D eigenvalue weighted by Crippen LogP contribution is -2.59. The van der Waals surface area contributed by atoms with Crippen LogP contribution in [0.1, 0.15) is 31.7 Å². The van der Waals surface area contributed by atoms with E-state index in [1.807, 2.05) is 47.4 Å². The number of ether oxygens (including phenoxy) is 3. The largest absolute Gasteiger partial charge is 0.459 e. The summed E-state index contributed by atoms with van der Waals surface area (Å²) in [4.78, 5) is 24.4. The van der Waals surface area contributed by atoms with E-state index in [0.717, 1.165) is 35.8 Å². The van der Waals surface area contributed by atoms with Crippen molar-refractivity contribution in [2.75, 3.05) is 62.9 Å². The van der Waals surface area contributed by atoms with Gasteiger partial charge in [0.25, 0.3) is 6.01 Å². The minimum Gasteiger partial charge on any atom is -0.459 e. The van der Waals surface area contributed by atoms with Gasteiger partial charge in [-0.05, 0) is 31.9 Å². The van der Waals surface area contributed by atoms with Crippen molar-refractivity contribution in [3.05, 3.63) is 30.1 Å². The molecule has 0 aliphatic carbocycles. The predicted octanol–water partition coefficient (Wildman–Crippen LogP) is 1.89. The van der Waals surface area contributed by atoms with Gasteiger partial charge in [-0.25, -0.2) is 13.4 Å². The molecule has 0 radical (unpaired) electrons. The van der Waals surface area contributed by atoms with E-state index in [2.05, 4.69) is 9.80 Å². The fourth-order valence-corrected chi connectivity index (χ4v) is 7.55. The highest BCUT2D eigenvalue weighted by Crippen LogP contribution is 2.33. The molecule has 6 heterocycles. The van der Waals surface area contributed by atoms with Gasteiger partial charge in [0, 0.05) is 46.4 Å². The third-order valence-electron chi connectivity index (χ3n) is 8.65. The van der Waals surface area contributed by atoms with Crippen LogP contribution in [0.4, 0.5) is 5.82 Å². The number of methoxy groups -OCH3 is 1. The molecule has 13 nitrogen and oxygen atoms in total. The number of sulfone groups is 1. The number of rotatable bonds is 7. The van der Waals surface area contributed by atoms with Crippen LogP contribution in [0.5, 0.6) is 6.01 Å². The van der Waals surface area contributed by atoms with Crippen LogP contribution in [0.2, 0.25) is 0 Å². The maximum Gasteiger partial charge on any atom is 0.298 e. The number of morpholine rings is 1. The van der Waals surface area contributed by atoms with Crippen molar-refractivity contribution in [3.8, 4) is 12.0 Å². The smallest absolute Gasteiger partial charge is 0.298 e. The molecule has 0 saturated carbocycles. The highest BCUT2D eigenvalue weighted by molar-refractivity contribution is 7.91. The summed E-state index contributed by atoms with van der Waals surface area (Å²) in [6.07, 6.45) is 1.08. The van der Waals surface area contributed by atoms with Gasteiger partial charge in [0.05, 0.1) is 35.8 Å². The highest BCUT2D eigenvalue weighted by Gasteiger charge is 2.37. The Morgan fingerprint density at radius 1 is 1.02 bits per heavy atom. The molecule has 0 N–H and O–H groups in total. The Kier molecular flexibility index (Phi) is 7.03. The number of anilines is 1. The van der Waals surface area contributed by atoms with Crippen LogP contribution in [0.3, 0.4) is 0 Å². The molecule has 42 heavy (non-hydrogen) atoms. The molecule has 4 aromatic rings. The van der Waals surface area contributed by atoms with E-state index in [9.17, 15) is 8.42 Å². The van der Waals surface area contributed by atoms with Crippen LogP contribution in [-0.4, -0.2) is 113 Å². The van der Waals surface area contributed by atoms with Gasteiger partial charge in [-0.15, -0.1) is 0 Å². The molecule has 14 heteroatoms. The quantitative estimate of drug-likeness (QED) is 0.310. The number of hydrogen-bond donors (Lipinski definition) is 0. The van der Waals surface area contributed by atoms with Gasteiger partial charge in [-0.3, -0.25) is 14.0 Å². The fourth-order valence-electron chi connectivity index (χ4n) is 6.08. The van der Waals surface area contributed by atoms with Crippen LogP contribution in [-0.2, 0) is 26.4 Å². The second-order valence-electron chi connectivity index (χ2n) is 11.3. The highest BCUT2D eigenvalue weighted by atomic mass is 32.2. The first-order valence-electron chi connectivity index (χ1n) is 14.5. The van der Waals surface area contributed by atoms with E-state index in [4.69, 9.17) is 34.1 Å². The summed E-state index contributed by atoms with van der Waals surface area (Å²) in [5.41, 5.74) is 3.08. The lowest BCUT2D eigenvalue weighted by molar-refractivity contribution is -0.0172. The molecule has 1 atom stereocenters. The zero-order valence-corrected chi connectivity index (χ0v) is 25.0. The van der Waals surface area contributed by atoms with Crippen molar-refractivity contribution < 1.29 is 22.6 Å². The van der Waals surface area contributed by atoms with Crippen LogP contribution >= 0.6 is 0 Å². The van der Waals surface area contributed by atoms with Crippen molar-refractivity contribution in [1.29, 1.82) is 0 Å². The molecule has 1 unspecified atom stereocenters. The topological polar surface area (TPSA) is 130 Å². The number of aromatic nitrogens is 6. The van der Waals surface area contributed by atoms with E-state index < -0.39 is 9.84 Å². The molecule has 3 fully saturated rings. The molecule has 3 aromatic heterocycles. The van der Waals surface area contributed by atoms with E-state index in [1.165, 1.54) is 0 Å². The molecule has 224 valence electrons. The normalized spacial score (nSPS) is 21.2. The van der Waals surface area contributed by atoms with E-state index in [-0.39, 0.29) is 23.7 Å². The molecule has 7 rings (SSSR count).